The summed E-state index contributed by atoms with van der Waals surface area (Å²) in [6.07, 6.45) is 1.39. The molecular formula is C17H24N4O. The minimum Gasteiger partial charge on any atom is -0.326 e. The summed E-state index contributed by atoms with van der Waals surface area (Å²) in [6.45, 7) is 8.75. The standard InChI is InChI=1S/C17H24N4O/c1-2-20-9-11-21(12-10-20)8-4-7-17(22)19-16-6-3-5-15(13-16)14-18/h3,5-6,13H,2,4,7-12H2,1H3,(H,19,22). The van der Waals surface area contributed by atoms with E-state index < -0.39 is 0 Å². The number of nitrogens with one attached hydrogen (secondary N) is 1. The van der Waals surface area contributed by atoms with Crippen LogP contribution in [0.4, 0.5) is 5.69 Å². The van der Waals surface area contributed by atoms with E-state index in [0.717, 1.165) is 45.7 Å². The highest BCUT2D eigenvalue weighted by atomic mass is 16.1. The fourth-order valence-corrected chi connectivity index (χ4v) is 2.68. The quantitative estimate of drug-likeness (QED) is 0.872. The molecule has 5 nitrogen and oxygen atoms in total. The molecule has 1 aliphatic heterocycles. The molecule has 0 bridgehead atoms. The summed E-state index contributed by atoms with van der Waals surface area (Å²) in [7, 11) is 0. The first-order valence-corrected chi connectivity index (χ1v) is 7.96. The molecule has 2 rings (SSSR count). The van der Waals surface area contributed by atoms with Gasteiger partial charge in [0.15, 0.2) is 0 Å². The zero-order valence-electron chi connectivity index (χ0n) is 13.2. The second kappa shape index (κ2) is 8.52. The van der Waals surface area contributed by atoms with E-state index in [1.807, 2.05) is 6.07 Å². The third kappa shape index (κ3) is 5.14. The summed E-state index contributed by atoms with van der Waals surface area (Å²) in [4.78, 5) is 16.8. The fraction of sp³-hybridized carbons (Fsp3) is 0.529. The average Bonchev–Trinajstić information content (AvgIpc) is 2.55. The Bertz CT molecular complexity index is 530. The molecule has 5 heteroatoms. The number of carbonyl (C=O) groups excluding carboxylic acids is 1. The zero-order valence-corrected chi connectivity index (χ0v) is 13.2. The molecular weight excluding hydrogens is 276 g/mol. The zero-order chi connectivity index (χ0) is 15.8. The number of anilines is 1. The van der Waals surface area contributed by atoms with Gasteiger partial charge in [0.05, 0.1) is 11.6 Å². The second-order valence-electron chi connectivity index (χ2n) is 5.62. The van der Waals surface area contributed by atoms with Crippen LogP contribution in [0.5, 0.6) is 0 Å². The molecule has 1 aromatic carbocycles. The number of rotatable bonds is 6. The van der Waals surface area contributed by atoms with Gasteiger partial charge in [0.25, 0.3) is 0 Å². The van der Waals surface area contributed by atoms with Crippen molar-refractivity contribution in [2.24, 2.45) is 0 Å². The predicted octanol–water partition coefficient (Wildman–Crippen LogP) is 1.91. The summed E-state index contributed by atoms with van der Waals surface area (Å²) in [5, 5.41) is 11.7. The van der Waals surface area contributed by atoms with Gasteiger partial charge in [-0.1, -0.05) is 13.0 Å². The molecule has 1 N–H and O–H groups in total. The minimum absolute atomic E-state index is 0.0160. The fourth-order valence-electron chi connectivity index (χ4n) is 2.68. The van der Waals surface area contributed by atoms with Gasteiger partial charge in [0.2, 0.25) is 5.91 Å². The molecule has 0 spiro atoms. The molecule has 1 amide bonds. The summed E-state index contributed by atoms with van der Waals surface area (Å²) < 4.78 is 0. The Kier molecular flexibility index (Phi) is 6.38. The molecule has 0 atom stereocenters. The van der Waals surface area contributed by atoms with Crippen molar-refractivity contribution in [3.8, 4) is 6.07 Å². The first-order chi connectivity index (χ1) is 10.7. The Morgan fingerprint density at radius 3 is 2.68 bits per heavy atom. The number of nitrogens with zero attached hydrogens (tertiary/aromatic N) is 3. The van der Waals surface area contributed by atoms with Crippen LogP contribution in [0.15, 0.2) is 24.3 Å². The number of amides is 1. The van der Waals surface area contributed by atoms with Gasteiger partial charge >= 0.3 is 0 Å². The van der Waals surface area contributed by atoms with Crippen LogP contribution in [0.25, 0.3) is 0 Å². The van der Waals surface area contributed by atoms with Gasteiger partial charge in [-0.3, -0.25) is 4.79 Å². The Morgan fingerprint density at radius 1 is 1.27 bits per heavy atom. The van der Waals surface area contributed by atoms with Crippen molar-refractivity contribution >= 4 is 11.6 Å². The molecule has 0 saturated carbocycles. The predicted molar refractivity (Wildman–Crippen MR) is 87.6 cm³/mol. The molecule has 1 aliphatic rings. The maximum absolute atomic E-state index is 11.9. The number of carbonyl (C=O) groups is 1. The Labute approximate surface area is 132 Å². The molecule has 0 aromatic heterocycles. The molecule has 22 heavy (non-hydrogen) atoms. The van der Waals surface area contributed by atoms with Crippen molar-refractivity contribution in [2.45, 2.75) is 19.8 Å². The van der Waals surface area contributed by atoms with Crippen LogP contribution in [0.3, 0.4) is 0 Å². The summed E-state index contributed by atoms with van der Waals surface area (Å²) >= 11 is 0. The van der Waals surface area contributed by atoms with E-state index in [0.29, 0.717) is 17.7 Å². The molecule has 1 saturated heterocycles. The number of benzene rings is 1. The van der Waals surface area contributed by atoms with Crippen LogP contribution >= 0.6 is 0 Å². The maximum atomic E-state index is 11.9. The smallest absolute Gasteiger partial charge is 0.224 e. The maximum Gasteiger partial charge on any atom is 0.224 e. The van der Waals surface area contributed by atoms with E-state index in [2.05, 4.69) is 28.1 Å². The van der Waals surface area contributed by atoms with Gasteiger partial charge in [-0.2, -0.15) is 5.26 Å². The van der Waals surface area contributed by atoms with E-state index >= 15 is 0 Å². The summed E-state index contributed by atoms with van der Waals surface area (Å²) in [5.74, 6) is 0.0160. The molecule has 0 aliphatic carbocycles. The lowest BCUT2D eigenvalue weighted by atomic mass is 10.2. The number of hydrogen-bond donors (Lipinski definition) is 1. The summed E-state index contributed by atoms with van der Waals surface area (Å²) in [5.41, 5.74) is 1.26. The van der Waals surface area contributed by atoms with Crippen molar-refractivity contribution in [1.82, 2.24) is 9.80 Å². The third-order valence-corrected chi connectivity index (χ3v) is 4.07. The van der Waals surface area contributed by atoms with Crippen molar-refractivity contribution in [2.75, 3.05) is 44.6 Å². The Morgan fingerprint density at radius 2 is 2.00 bits per heavy atom. The molecule has 0 radical (unpaired) electrons. The topological polar surface area (TPSA) is 59.4 Å². The third-order valence-electron chi connectivity index (χ3n) is 4.07. The SMILES string of the molecule is CCN1CCN(CCCC(=O)Nc2cccc(C#N)c2)CC1. The monoisotopic (exact) mass is 300 g/mol. The summed E-state index contributed by atoms with van der Waals surface area (Å²) in [6, 6.07) is 9.08. The Hall–Kier alpha value is -1.90. The number of hydrogen-bond acceptors (Lipinski definition) is 4. The van der Waals surface area contributed by atoms with Crippen LogP contribution < -0.4 is 5.32 Å². The number of piperazine rings is 1. The molecule has 1 aromatic rings. The van der Waals surface area contributed by atoms with Gasteiger partial charge in [0.1, 0.15) is 0 Å². The molecule has 1 fully saturated rings. The van der Waals surface area contributed by atoms with Crippen LogP contribution in [0.2, 0.25) is 0 Å². The molecule has 0 unspecified atom stereocenters. The van der Waals surface area contributed by atoms with Crippen molar-refractivity contribution < 1.29 is 4.79 Å². The normalized spacial score (nSPS) is 16.2. The highest BCUT2D eigenvalue weighted by Crippen LogP contribution is 2.10. The lowest BCUT2D eigenvalue weighted by Gasteiger charge is -2.33. The molecule has 1 heterocycles. The van der Waals surface area contributed by atoms with Crippen LogP contribution in [-0.2, 0) is 4.79 Å². The average molecular weight is 300 g/mol. The van der Waals surface area contributed by atoms with E-state index in [1.165, 1.54) is 0 Å². The second-order valence-corrected chi connectivity index (χ2v) is 5.62. The van der Waals surface area contributed by atoms with Crippen molar-refractivity contribution in [3.63, 3.8) is 0 Å². The van der Waals surface area contributed by atoms with Crippen molar-refractivity contribution in [1.29, 1.82) is 5.26 Å². The van der Waals surface area contributed by atoms with E-state index in [1.54, 1.807) is 18.2 Å². The lowest BCUT2D eigenvalue weighted by Crippen LogP contribution is -2.46. The number of likely N-dealkylation sites (N-methyl/N-ethyl adjacent to an activating group) is 1. The van der Waals surface area contributed by atoms with Crippen LogP contribution in [0.1, 0.15) is 25.3 Å². The number of nitriles is 1. The van der Waals surface area contributed by atoms with Crippen LogP contribution in [-0.4, -0.2) is 55.0 Å². The van der Waals surface area contributed by atoms with Gasteiger partial charge in [0, 0.05) is 38.3 Å². The molecule has 118 valence electrons. The van der Waals surface area contributed by atoms with Crippen molar-refractivity contribution in [3.05, 3.63) is 29.8 Å². The van der Waals surface area contributed by atoms with Gasteiger partial charge in [-0.05, 0) is 37.7 Å². The lowest BCUT2D eigenvalue weighted by molar-refractivity contribution is -0.116. The van der Waals surface area contributed by atoms with E-state index in [-0.39, 0.29) is 5.91 Å². The first kappa shape index (κ1) is 16.5. The highest BCUT2D eigenvalue weighted by molar-refractivity contribution is 5.90. The highest BCUT2D eigenvalue weighted by Gasteiger charge is 2.15. The van der Waals surface area contributed by atoms with Gasteiger partial charge in [-0.25, -0.2) is 0 Å². The Balaban J connectivity index is 1.67. The van der Waals surface area contributed by atoms with Gasteiger partial charge in [-0.15, -0.1) is 0 Å². The van der Waals surface area contributed by atoms with E-state index in [4.69, 9.17) is 5.26 Å². The van der Waals surface area contributed by atoms with Gasteiger partial charge < -0.3 is 15.1 Å². The largest absolute Gasteiger partial charge is 0.326 e. The van der Waals surface area contributed by atoms with E-state index in [9.17, 15) is 4.79 Å². The minimum atomic E-state index is 0.0160. The first-order valence-electron chi connectivity index (χ1n) is 7.96. The van der Waals surface area contributed by atoms with Crippen LogP contribution in [0, 0.1) is 11.3 Å².